The minimum absolute atomic E-state index is 0. The van der Waals surface area contributed by atoms with Gasteiger partial charge in [-0.15, -0.1) is 0 Å². The Hall–Kier alpha value is 1.91. The summed E-state index contributed by atoms with van der Waals surface area (Å²) in [5, 5.41) is 0. The first kappa shape index (κ1) is 10.0. The Labute approximate surface area is 58.2 Å². The largest absolute Gasteiger partial charge is 0 e. The van der Waals surface area contributed by atoms with Crippen molar-refractivity contribution in [1.29, 1.82) is 0 Å². The Kier molecular flexibility index (Phi) is 11.8. The van der Waals surface area contributed by atoms with Gasteiger partial charge in [-0.3, -0.25) is 0 Å². The third-order valence-electron chi connectivity index (χ3n) is 0. The summed E-state index contributed by atoms with van der Waals surface area (Å²) in [6.45, 7) is 0. The summed E-state index contributed by atoms with van der Waals surface area (Å²) in [6.07, 6.45) is 0. The maximum absolute atomic E-state index is 4.89. The molecule has 0 aromatic carbocycles. The maximum Gasteiger partial charge on any atom is 0 e. The van der Waals surface area contributed by atoms with Gasteiger partial charge >= 0.3 is 41.5 Å². The molecule has 0 aromatic heterocycles. The van der Waals surface area contributed by atoms with E-state index >= 15 is 0 Å². The Morgan fingerprint density at radius 2 is 1.00 bits per heavy atom. The van der Waals surface area contributed by atoms with Gasteiger partial charge in [0.2, 0.25) is 0 Å². The van der Waals surface area contributed by atoms with Crippen LogP contribution in [0.1, 0.15) is 0 Å². The molecule has 0 spiro atoms. The van der Waals surface area contributed by atoms with Crippen LogP contribution < -0.4 is 0 Å². The van der Waals surface area contributed by atoms with Crippen molar-refractivity contribution in [2.75, 3.05) is 0 Å². The van der Waals surface area contributed by atoms with Gasteiger partial charge < -0.3 is 0 Å². The van der Waals surface area contributed by atoms with E-state index in [1.807, 2.05) is 0 Å². The molecule has 0 unspecified atom stereocenters. The zero-order chi connectivity index (χ0) is 3.58. The molecule has 0 amide bonds. The average molecular weight is 217 g/mol. The third-order valence-corrected chi connectivity index (χ3v) is 0. The summed E-state index contributed by atoms with van der Waals surface area (Å²) < 4.78 is 0. The maximum atomic E-state index is 4.89. The Morgan fingerprint density at radius 3 is 1.00 bits per heavy atom. The van der Waals surface area contributed by atoms with Gasteiger partial charge in [0.15, 0.2) is 0 Å². The van der Waals surface area contributed by atoms with E-state index in [0.29, 0.717) is 0 Å². The standard InChI is InChI=1S/3ClH.Fe.Mn/h3*1H;;/q;;;+3;/p-3. The van der Waals surface area contributed by atoms with E-state index in [0.717, 1.165) is 0 Å². The molecule has 0 saturated heterocycles. The second kappa shape index (κ2) is 5.91. The van der Waals surface area contributed by atoms with Crippen molar-refractivity contribution in [1.82, 2.24) is 0 Å². The van der Waals surface area contributed by atoms with Crippen LogP contribution in [0.5, 0.6) is 0 Å². The van der Waals surface area contributed by atoms with Crippen molar-refractivity contribution in [2.24, 2.45) is 0 Å². The van der Waals surface area contributed by atoms with Crippen LogP contribution in [-0.4, -0.2) is 0 Å². The van der Waals surface area contributed by atoms with Crippen LogP contribution in [0.2, 0.25) is 0 Å². The second-order valence-electron chi connectivity index (χ2n) is 0.152. The third kappa shape index (κ3) is 24.8. The molecule has 0 aromatic rings. The van der Waals surface area contributed by atoms with Crippen LogP contribution in [0.4, 0.5) is 0 Å². The first-order chi connectivity index (χ1) is 1.73. The van der Waals surface area contributed by atoms with Gasteiger partial charge in [-0.1, -0.05) is 0 Å². The summed E-state index contributed by atoms with van der Waals surface area (Å²) >= 11 is -1.33. The second-order valence-corrected chi connectivity index (χ2v) is 5.62. The molecule has 0 nitrogen and oxygen atoms in total. The molecule has 0 aliphatic heterocycles. The summed E-state index contributed by atoms with van der Waals surface area (Å²) in [4.78, 5) is 0. The van der Waals surface area contributed by atoms with Crippen LogP contribution in [0.3, 0.4) is 0 Å². The molecular weight excluding hydrogens is 217 g/mol. The van der Waals surface area contributed by atoms with Gasteiger partial charge in [0.05, 0.1) is 0 Å². The molecular formula is Cl3FeMn. The summed E-state index contributed by atoms with van der Waals surface area (Å²) in [7, 11) is 14.7. The molecule has 0 aliphatic carbocycles. The van der Waals surface area contributed by atoms with Crippen LogP contribution in [-0.2, 0) is 28.2 Å². The van der Waals surface area contributed by atoms with Crippen molar-refractivity contribution in [3.8, 4) is 0 Å². The van der Waals surface area contributed by atoms with E-state index in [9.17, 15) is 0 Å². The van der Waals surface area contributed by atoms with Crippen molar-refractivity contribution in [3.05, 3.63) is 0 Å². The van der Waals surface area contributed by atoms with Crippen LogP contribution in [0, 0.1) is 0 Å². The van der Waals surface area contributed by atoms with E-state index in [1.54, 1.807) is 0 Å². The Morgan fingerprint density at radius 1 is 1.00 bits per heavy atom. The number of halogens is 3. The first-order valence-corrected chi connectivity index (χ1v) is 4.96. The fourth-order valence-corrected chi connectivity index (χ4v) is 0. The van der Waals surface area contributed by atoms with Gasteiger partial charge in [-0.2, -0.15) is 0 Å². The Bertz CT molecular complexity index is 11.6. The summed E-state index contributed by atoms with van der Waals surface area (Å²) in [6, 6.07) is 0. The van der Waals surface area contributed by atoms with Crippen molar-refractivity contribution in [2.45, 2.75) is 0 Å². The Balaban J connectivity index is 0. The number of rotatable bonds is 0. The molecule has 0 N–H and O–H groups in total. The van der Waals surface area contributed by atoms with Gasteiger partial charge in [-0.25, -0.2) is 0 Å². The molecule has 0 fully saturated rings. The van der Waals surface area contributed by atoms with E-state index in [1.165, 1.54) is 0 Å². The van der Waals surface area contributed by atoms with Gasteiger partial charge in [0.25, 0.3) is 0 Å². The number of hydrogen-bond donors (Lipinski definition) is 0. The average Bonchev–Trinajstić information content (AvgIpc) is 0.811. The van der Waals surface area contributed by atoms with Crippen LogP contribution >= 0.6 is 30.3 Å². The monoisotopic (exact) mass is 216 g/mol. The zero-order valence-corrected chi connectivity index (χ0v) is 6.42. The van der Waals surface area contributed by atoms with E-state index in [-0.39, 0.29) is 17.1 Å². The van der Waals surface area contributed by atoms with Gasteiger partial charge in [0.1, 0.15) is 0 Å². The minimum Gasteiger partial charge on any atom is 0 e. The van der Waals surface area contributed by atoms with Crippen molar-refractivity contribution >= 4 is 30.3 Å². The quantitative estimate of drug-likeness (QED) is 0.545. The normalized spacial score (nSPS) is 9.00. The number of hydrogen-bond acceptors (Lipinski definition) is 0. The molecule has 0 bridgehead atoms. The fraction of sp³-hybridized carbons (Fsp3) is 0. The van der Waals surface area contributed by atoms with Crippen LogP contribution in [0.25, 0.3) is 0 Å². The van der Waals surface area contributed by atoms with E-state index < -0.39 is 11.2 Å². The molecule has 1 radical (unpaired) electrons. The summed E-state index contributed by atoms with van der Waals surface area (Å²) in [5.74, 6) is 0. The van der Waals surface area contributed by atoms with Crippen LogP contribution in [0.15, 0.2) is 0 Å². The molecule has 0 aliphatic rings. The molecule has 0 rings (SSSR count). The van der Waals surface area contributed by atoms with Gasteiger partial charge in [0, 0.05) is 17.1 Å². The first-order valence-electron chi connectivity index (χ1n) is 0.401. The van der Waals surface area contributed by atoms with E-state index in [4.69, 9.17) is 30.3 Å². The van der Waals surface area contributed by atoms with Crippen molar-refractivity contribution < 1.29 is 28.2 Å². The predicted molar refractivity (Wildman–Crippen MR) is 17.6 cm³/mol. The molecule has 5 heteroatoms. The molecule has 36 valence electrons. The van der Waals surface area contributed by atoms with E-state index in [2.05, 4.69) is 0 Å². The summed E-state index contributed by atoms with van der Waals surface area (Å²) in [5.41, 5.74) is 0. The molecule has 0 heterocycles. The van der Waals surface area contributed by atoms with Crippen molar-refractivity contribution in [3.63, 3.8) is 0 Å². The smallest absolute Gasteiger partial charge is 0 e. The fourth-order valence-electron chi connectivity index (χ4n) is 0. The molecule has 5 heavy (non-hydrogen) atoms. The molecule has 0 saturated carbocycles. The predicted octanol–water partition coefficient (Wildman–Crippen LogP) is 2.06. The minimum atomic E-state index is -1.33. The SMILES string of the molecule is [Cl][Fe]([Cl])[Cl].[Mn]. The topological polar surface area (TPSA) is 0 Å². The van der Waals surface area contributed by atoms with Gasteiger partial charge in [-0.05, 0) is 0 Å². The zero-order valence-electron chi connectivity index (χ0n) is 1.87. The molecule has 0 atom stereocenters.